The molecule has 0 saturated carbocycles. The van der Waals surface area contributed by atoms with Crippen LogP contribution < -0.4 is 10.6 Å². The molecule has 0 aliphatic carbocycles. The van der Waals surface area contributed by atoms with Gasteiger partial charge in [-0.15, -0.1) is 0 Å². The molecule has 0 saturated heterocycles. The summed E-state index contributed by atoms with van der Waals surface area (Å²) in [6.07, 6.45) is 2.91. The quantitative estimate of drug-likeness (QED) is 0.439. The number of rotatable bonds is 7. The third-order valence-corrected chi connectivity index (χ3v) is 4.62. The summed E-state index contributed by atoms with van der Waals surface area (Å²) in [6.45, 7) is 3.01. The number of nitrogens with one attached hydrogen (secondary N) is 3. The third kappa shape index (κ3) is 4.11. The molecular weight excluding hydrogens is 353 g/mol. The number of nitrogens with zero attached hydrogens (tertiary/aromatic N) is 2. The molecule has 28 heavy (non-hydrogen) atoms. The highest BCUT2D eigenvalue weighted by molar-refractivity contribution is 5.83. The van der Waals surface area contributed by atoms with Crippen LogP contribution in [0.5, 0.6) is 0 Å². The van der Waals surface area contributed by atoms with Crippen LogP contribution in [0.4, 0.5) is 16.2 Å². The molecule has 142 valence electrons. The molecule has 4 rings (SSSR count). The van der Waals surface area contributed by atoms with Gasteiger partial charge in [-0.2, -0.15) is 4.98 Å². The minimum atomic E-state index is -0.224. The van der Waals surface area contributed by atoms with E-state index in [1.54, 1.807) is 12.1 Å². The molecule has 0 fully saturated rings. The second-order valence-corrected chi connectivity index (χ2v) is 6.70. The number of hydrogen-bond acceptors (Lipinski definition) is 4. The number of hydrogen-bond donors (Lipinski definition) is 3. The summed E-state index contributed by atoms with van der Waals surface area (Å²) in [5.41, 5.74) is 3.85. The van der Waals surface area contributed by atoms with E-state index in [4.69, 9.17) is 0 Å². The molecular formula is C22H22FN5. The minimum absolute atomic E-state index is 0.224. The molecule has 6 heteroatoms. The van der Waals surface area contributed by atoms with E-state index < -0.39 is 0 Å². The van der Waals surface area contributed by atoms with Gasteiger partial charge < -0.3 is 15.6 Å². The Hall–Kier alpha value is -3.41. The molecule has 0 radical (unpaired) electrons. The van der Waals surface area contributed by atoms with Crippen molar-refractivity contribution < 1.29 is 4.39 Å². The number of anilines is 2. The second-order valence-electron chi connectivity index (χ2n) is 6.70. The van der Waals surface area contributed by atoms with E-state index in [-0.39, 0.29) is 5.82 Å². The van der Waals surface area contributed by atoms with Gasteiger partial charge in [-0.3, -0.25) is 0 Å². The van der Waals surface area contributed by atoms with Crippen molar-refractivity contribution in [3.8, 4) is 0 Å². The number of para-hydroxylation sites is 1. The van der Waals surface area contributed by atoms with Gasteiger partial charge in [0.1, 0.15) is 11.6 Å². The van der Waals surface area contributed by atoms with Gasteiger partial charge in [0.15, 0.2) is 0 Å². The maximum Gasteiger partial charge on any atom is 0.224 e. The van der Waals surface area contributed by atoms with Crippen molar-refractivity contribution in [1.82, 2.24) is 15.0 Å². The van der Waals surface area contributed by atoms with Gasteiger partial charge in [-0.05, 0) is 31.0 Å². The molecule has 3 N–H and O–H groups in total. The Morgan fingerprint density at radius 2 is 1.79 bits per heavy atom. The van der Waals surface area contributed by atoms with E-state index in [0.717, 1.165) is 24.2 Å². The minimum Gasteiger partial charge on any atom is -0.366 e. The van der Waals surface area contributed by atoms with Gasteiger partial charge in [0.05, 0.1) is 0 Å². The molecule has 0 amide bonds. The van der Waals surface area contributed by atoms with E-state index >= 15 is 0 Å². The molecule has 2 aromatic carbocycles. The maximum absolute atomic E-state index is 13.8. The van der Waals surface area contributed by atoms with E-state index in [0.29, 0.717) is 23.9 Å². The fourth-order valence-electron chi connectivity index (χ4n) is 3.21. The van der Waals surface area contributed by atoms with E-state index in [1.165, 1.54) is 17.0 Å². The van der Waals surface area contributed by atoms with Crippen LogP contribution in [-0.2, 0) is 13.0 Å². The second kappa shape index (κ2) is 8.08. The Labute approximate surface area is 163 Å². The summed E-state index contributed by atoms with van der Waals surface area (Å²) in [5, 5.41) is 7.70. The molecule has 0 unspecified atom stereocenters. The van der Waals surface area contributed by atoms with Gasteiger partial charge in [-0.25, -0.2) is 9.37 Å². The topological polar surface area (TPSA) is 65.6 Å². The van der Waals surface area contributed by atoms with Crippen LogP contribution in [0.3, 0.4) is 0 Å². The van der Waals surface area contributed by atoms with Crippen LogP contribution in [0.25, 0.3) is 10.9 Å². The highest BCUT2D eigenvalue weighted by Crippen LogP contribution is 2.18. The number of fused-ring (bicyclic) bond motifs is 1. The van der Waals surface area contributed by atoms with Gasteiger partial charge in [-0.1, -0.05) is 36.4 Å². The zero-order chi connectivity index (χ0) is 19.3. The Balaban J connectivity index is 1.39. The third-order valence-electron chi connectivity index (χ3n) is 4.62. The largest absolute Gasteiger partial charge is 0.366 e. The van der Waals surface area contributed by atoms with E-state index in [1.807, 2.05) is 37.4 Å². The fraction of sp³-hybridized carbons (Fsp3) is 0.182. The summed E-state index contributed by atoms with van der Waals surface area (Å²) in [7, 11) is 0. The number of benzene rings is 2. The smallest absolute Gasteiger partial charge is 0.224 e. The fourth-order valence-corrected chi connectivity index (χ4v) is 3.21. The maximum atomic E-state index is 13.8. The predicted octanol–water partition coefficient (Wildman–Crippen LogP) is 4.67. The van der Waals surface area contributed by atoms with Gasteiger partial charge in [0.25, 0.3) is 0 Å². The lowest BCUT2D eigenvalue weighted by Gasteiger charge is -2.10. The number of halogens is 1. The van der Waals surface area contributed by atoms with Gasteiger partial charge in [0, 0.05) is 47.5 Å². The molecule has 0 aliphatic heterocycles. The molecule has 0 bridgehead atoms. The van der Waals surface area contributed by atoms with Gasteiger partial charge in [0.2, 0.25) is 5.95 Å². The number of aromatic nitrogens is 3. The summed E-state index contributed by atoms with van der Waals surface area (Å²) in [5.74, 6) is 1.01. The van der Waals surface area contributed by atoms with Crippen molar-refractivity contribution >= 4 is 22.7 Å². The molecule has 5 nitrogen and oxygen atoms in total. The lowest BCUT2D eigenvalue weighted by atomic mass is 10.1. The van der Waals surface area contributed by atoms with Crippen molar-refractivity contribution in [2.75, 3.05) is 17.2 Å². The molecule has 0 aliphatic rings. The first-order valence-electron chi connectivity index (χ1n) is 9.31. The lowest BCUT2D eigenvalue weighted by molar-refractivity contribution is 0.613. The highest BCUT2D eigenvalue weighted by Gasteiger charge is 2.06. The average Bonchev–Trinajstić information content (AvgIpc) is 3.10. The predicted molar refractivity (Wildman–Crippen MR) is 111 cm³/mol. The SMILES string of the molecule is Cc1cc(NCc2ccccc2F)nc(NCCc2c[nH]c3ccccc23)n1. The molecule has 4 aromatic rings. The van der Waals surface area contributed by atoms with Crippen LogP contribution in [0.2, 0.25) is 0 Å². The van der Waals surface area contributed by atoms with Crippen molar-refractivity contribution in [2.45, 2.75) is 19.9 Å². The normalized spacial score (nSPS) is 10.9. The Morgan fingerprint density at radius 3 is 2.68 bits per heavy atom. The average molecular weight is 375 g/mol. The van der Waals surface area contributed by atoms with Crippen molar-refractivity contribution in [2.24, 2.45) is 0 Å². The van der Waals surface area contributed by atoms with Crippen LogP contribution >= 0.6 is 0 Å². The molecule has 0 atom stereocenters. The zero-order valence-electron chi connectivity index (χ0n) is 15.7. The first kappa shape index (κ1) is 18.0. The van der Waals surface area contributed by atoms with Crippen molar-refractivity contribution in [3.05, 3.63) is 83.4 Å². The van der Waals surface area contributed by atoms with Crippen LogP contribution in [0, 0.1) is 12.7 Å². The summed E-state index contributed by atoms with van der Waals surface area (Å²) in [6, 6.07) is 16.8. The summed E-state index contributed by atoms with van der Waals surface area (Å²) in [4.78, 5) is 12.2. The van der Waals surface area contributed by atoms with E-state index in [2.05, 4.69) is 37.7 Å². The monoisotopic (exact) mass is 375 g/mol. The van der Waals surface area contributed by atoms with Crippen LogP contribution in [0.15, 0.2) is 60.8 Å². The Morgan fingerprint density at radius 1 is 0.964 bits per heavy atom. The summed E-state index contributed by atoms with van der Waals surface area (Å²) < 4.78 is 13.8. The number of aryl methyl sites for hydroxylation is 1. The van der Waals surface area contributed by atoms with Crippen molar-refractivity contribution in [1.29, 1.82) is 0 Å². The molecule has 0 spiro atoms. The van der Waals surface area contributed by atoms with Crippen molar-refractivity contribution in [3.63, 3.8) is 0 Å². The number of H-pyrrole nitrogens is 1. The standard InChI is InChI=1S/C22H22FN5/c1-15-12-21(26-14-17-6-2-4-8-19(17)23)28-22(27-15)24-11-10-16-13-25-20-9-5-3-7-18(16)20/h2-9,12-13,25H,10-11,14H2,1H3,(H2,24,26,27,28). The Kier molecular flexibility index (Phi) is 5.19. The zero-order valence-corrected chi connectivity index (χ0v) is 15.7. The Bertz CT molecular complexity index is 1090. The first-order chi connectivity index (χ1) is 13.7. The molecule has 2 heterocycles. The molecule has 2 aromatic heterocycles. The van der Waals surface area contributed by atoms with Crippen LogP contribution in [-0.4, -0.2) is 21.5 Å². The first-order valence-corrected chi connectivity index (χ1v) is 9.31. The van der Waals surface area contributed by atoms with E-state index in [9.17, 15) is 4.39 Å². The highest BCUT2D eigenvalue weighted by atomic mass is 19.1. The summed E-state index contributed by atoms with van der Waals surface area (Å²) >= 11 is 0. The van der Waals surface area contributed by atoms with Gasteiger partial charge >= 0.3 is 0 Å². The van der Waals surface area contributed by atoms with Crippen LogP contribution in [0.1, 0.15) is 16.8 Å². The number of aromatic amines is 1. The lowest BCUT2D eigenvalue weighted by Crippen LogP contribution is -2.10.